The van der Waals surface area contributed by atoms with Gasteiger partial charge in [-0.05, 0) is 52.4 Å². The highest BCUT2D eigenvalue weighted by Gasteiger charge is 2.11. The van der Waals surface area contributed by atoms with Gasteiger partial charge in [0.1, 0.15) is 12.4 Å². The maximum atomic E-state index is 13.5. The summed E-state index contributed by atoms with van der Waals surface area (Å²) in [6.45, 7) is 3.96. The lowest BCUT2D eigenvalue weighted by molar-refractivity contribution is -0.124. The van der Waals surface area contributed by atoms with Crippen LogP contribution in [0.4, 0.5) is 10.1 Å². The van der Waals surface area contributed by atoms with Crippen LogP contribution in [0.2, 0.25) is 0 Å². The zero-order valence-electron chi connectivity index (χ0n) is 16.3. The first-order valence-electron chi connectivity index (χ1n) is 8.92. The molecule has 0 spiro atoms. The van der Waals surface area contributed by atoms with Gasteiger partial charge in [-0.15, -0.1) is 0 Å². The Morgan fingerprint density at radius 2 is 1.97 bits per heavy atom. The third kappa shape index (κ3) is 7.14. The number of nitrogens with one attached hydrogen (secondary N) is 2. The number of benzene rings is 2. The highest BCUT2D eigenvalue weighted by atomic mass is 127. The Labute approximate surface area is 187 Å². The minimum Gasteiger partial charge on any atom is -0.493 e. The van der Waals surface area contributed by atoms with E-state index in [1.54, 1.807) is 18.2 Å². The summed E-state index contributed by atoms with van der Waals surface area (Å²) in [4.78, 5) is 23.7. The van der Waals surface area contributed by atoms with Crippen LogP contribution in [0.15, 0.2) is 54.2 Å². The minimum absolute atomic E-state index is 0.0741. The van der Waals surface area contributed by atoms with Crippen molar-refractivity contribution in [2.75, 3.05) is 19.0 Å². The number of halogens is 2. The average Bonchev–Trinajstić information content (AvgIpc) is 2.73. The summed E-state index contributed by atoms with van der Waals surface area (Å²) in [5.74, 6) is -0.316. The van der Waals surface area contributed by atoms with E-state index in [-0.39, 0.29) is 18.5 Å². The first kappa shape index (κ1) is 23.3. The van der Waals surface area contributed by atoms with E-state index < -0.39 is 17.6 Å². The van der Waals surface area contributed by atoms with Crippen LogP contribution in [0.1, 0.15) is 18.4 Å². The predicted molar refractivity (Wildman–Crippen MR) is 121 cm³/mol. The number of hydrogen-bond acceptors (Lipinski definition) is 5. The number of anilines is 1. The molecule has 0 atom stereocenters. The molecule has 0 radical (unpaired) electrons. The van der Waals surface area contributed by atoms with Crippen molar-refractivity contribution in [2.24, 2.45) is 5.10 Å². The van der Waals surface area contributed by atoms with Gasteiger partial charge in [0.15, 0.2) is 11.5 Å². The molecule has 0 aromatic heterocycles. The van der Waals surface area contributed by atoms with E-state index >= 15 is 0 Å². The number of ether oxygens (including phenoxy) is 2. The molecule has 0 fully saturated rings. The van der Waals surface area contributed by atoms with Crippen LogP contribution in [0.25, 0.3) is 0 Å². The fourth-order valence-electron chi connectivity index (χ4n) is 2.33. The molecule has 0 aliphatic rings. The molecule has 30 heavy (non-hydrogen) atoms. The fourth-order valence-corrected chi connectivity index (χ4v) is 3.11. The molecule has 158 valence electrons. The number of methoxy groups -OCH3 is 1. The topological polar surface area (TPSA) is 89.0 Å². The zero-order chi connectivity index (χ0) is 21.9. The van der Waals surface area contributed by atoms with Crippen molar-refractivity contribution in [3.63, 3.8) is 0 Å². The van der Waals surface area contributed by atoms with E-state index in [9.17, 15) is 14.0 Å². The largest absolute Gasteiger partial charge is 0.493 e. The normalized spacial score (nSPS) is 10.5. The third-order valence-electron chi connectivity index (χ3n) is 3.73. The van der Waals surface area contributed by atoms with Crippen molar-refractivity contribution in [3.8, 4) is 11.5 Å². The highest BCUT2D eigenvalue weighted by molar-refractivity contribution is 14.1. The number of nitrogens with zero attached hydrogens (tertiary/aromatic N) is 1. The van der Waals surface area contributed by atoms with Crippen molar-refractivity contribution in [2.45, 2.75) is 12.8 Å². The second-order valence-corrected chi connectivity index (χ2v) is 7.12. The van der Waals surface area contributed by atoms with Gasteiger partial charge >= 0.3 is 0 Å². The molecule has 0 heterocycles. The smallest absolute Gasteiger partial charge is 0.240 e. The maximum Gasteiger partial charge on any atom is 0.240 e. The molecule has 0 saturated carbocycles. The Morgan fingerprint density at radius 1 is 1.23 bits per heavy atom. The molecule has 2 aromatic carbocycles. The van der Waals surface area contributed by atoms with Crippen molar-refractivity contribution >= 4 is 46.3 Å². The van der Waals surface area contributed by atoms with Crippen LogP contribution in [0, 0.1) is 9.39 Å². The van der Waals surface area contributed by atoms with Gasteiger partial charge in [0, 0.05) is 12.8 Å². The van der Waals surface area contributed by atoms with Crippen LogP contribution < -0.4 is 20.2 Å². The number of rotatable bonds is 10. The predicted octanol–water partition coefficient (Wildman–Crippen LogP) is 3.87. The summed E-state index contributed by atoms with van der Waals surface area (Å²) in [5, 5.41) is 6.31. The lowest BCUT2D eigenvalue weighted by Gasteiger charge is -2.12. The number of amides is 2. The maximum absolute atomic E-state index is 13.5. The van der Waals surface area contributed by atoms with E-state index in [2.05, 4.69) is 45.0 Å². The number of hydrazone groups is 1. The van der Waals surface area contributed by atoms with Gasteiger partial charge in [0.2, 0.25) is 11.8 Å². The fraction of sp³-hybridized carbons (Fsp3) is 0.190. The number of hydrogen-bond donors (Lipinski definition) is 2. The number of carbonyl (C=O) groups excluding carboxylic acids is 2. The minimum atomic E-state index is -0.536. The van der Waals surface area contributed by atoms with Gasteiger partial charge in [-0.25, -0.2) is 9.82 Å². The van der Waals surface area contributed by atoms with E-state index in [1.807, 2.05) is 6.07 Å². The molecule has 2 N–H and O–H groups in total. The molecule has 0 aliphatic heterocycles. The first-order valence-corrected chi connectivity index (χ1v) is 10.00. The molecule has 9 heteroatoms. The summed E-state index contributed by atoms with van der Waals surface area (Å²) < 4.78 is 25.2. The van der Waals surface area contributed by atoms with E-state index in [0.29, 0.717) is 23.7 Å². The lowest BCUT2D eigenvalue weighted by Crippen LogP contribution is -2.21. The molecule has 0 unspecified atom stereocenters. The van der Waals surface area contributed by atoms with Crippen LogP contribution in [-0.4, -0.2) is 31.7 Å². The van der Waals surface area contributed by atoms with Gasteiger partial charge in [0.25, 0.3) is 0 Å². The van der Waals surface area contributed by atoms with Gasteiger partial charge < -0.3 is 14.8 Å². The molecule has 0 bridgehead atoms. The molecule has 0 saturated heterocycles. The monoisotopic (exact) mass is 525 g/mol. The highest BCUT2D eigenvalue weighted by Crippen LogP contribution is 2.33. The molecule has 0 aliphatic carbocycles. The Bertz CT molecular complexity index is 950. The van der Waals surface area contributed by atoms with E-state index in [4.69, 9.17) is 9.47 Å². The third-order valence-corrected chi connectivity index (χ3v) is 4.53. The molecule has 2 aromatic rings. The molecule has 2 rings (SSSR count). The van der Waals surface area contributed by atoms with Crippen molar-refractivity contribution in [1.29, 1.82) is 0 Å². The standard InChI is InChI=1S/C21H21FIN3O4/c1-3-10-30-21-16(23)11-14(12-18(21)29-2)13-24-26-20(28)9-8-19(27)25-17-7-5-4-6-15(17)22/h3-7,11-13H,1,8-10H2,2H3,(H,25,27)(H,26,28). The quantitative estimate of drug-likeness (QED) is 0.213. The second kappa shape index (κ2) is 11.9. The van der Waals surface area contributed by atoms with Crippen molar-refractivity contribution in [3.05, 3.63) is 64.0 Å². The first-order chi connectivity index (χ1) is 14.4. The molecule has 2 amide bonds. The molecular weight excluding hydrogens is 504 g/mol. The van der Waals surface area contributed by atoms with Gasteiger partial charge in [-0.3, -0.25) is 9.59 Å². The lowest BCUT2D eigenvalue weighted by atomic mass is 10.2. The second-order valence-electron chi connectivity index (χ2n) is 5.95. The van der Waals surface area contributed by atoms with Crippen LogP contribution >= 0.6 is 22.6 Å². The van der Waals surface area contributed by atoms with Crippen molar-refractivity contribution < 1.29 is 23.5 Å². The summed E-state index contributed by atoms with van der Waals surface area (Å²) >= 11 is 2.11. The SMILES string of the molecule is C=CCOc1c(I)cc(C=NNC(=O)CCC(=O)Nc2ccccc2F)cc1OC. The number of para-hydroxylation sites is 1. The van der Waals surface area contributed by atoms with Crippen LogP contribution in [0.5, 0.6) is 11.5 Å². The Morgan fingerprint density at radius 3 is 2.67 bits per heavy atom. The molecule has 7 nitrogen and oxygen atoms in total. The van der Waals surface area contributed by atoms with Crippen molar-refractivity contribution in [1.82, 2.24) is 5.43 Å². The Kier molecular flexibility index (Phi) is 9.26. The summed E-state index contributed by atoms with van der Waals surface area (Å²) in [5.41, 5.74) is 3.12. The Balaban J connectivity index is 1.86. The van der Waals surface area contributed by atoms with E-state index in [0.717, 1.165) is 3.57 Å². The average molecular weight is 525 g/mol. The molecular formula is C21H21FIN3O4. The van der Waals surface area contributed by atoms with Gasteiger partial charge in [0.05, 0.1) is 22.6 Å². The Hall–Kier alpha value is -2.95. The summed E-state index contributed by atoms with van der Waals surface area (Å²) in [6, 6.07) is 9.35. The van der Waals surface area contributed by atoms with Crippen LogP contribution in [-0.2, 0) is 9.59 Å². The van der Waals surface area contributed by atoms with E-state index in [1.165, 1.54) is 31.5 Å². The summed E-state index contributed by atoms with van der Waals surface area (Å²) in [7, 11) is 1.53. The van der Waals surface area contributed by atoms with Gasteiger partial charge in [-0.2, -0.15) is 5.10 Å². The summed E-state index contributed by atoms with van der Waals surface area (Å²) in [6.07, 6.45) is 2.90. The number of carbonyl (C=O) groups is 2. The van der Waals surface area contributed by atoms with Crippen LogP contribution in [0.3, 0.4) is 0 Å². The van der Waals surface area contributed by atoms with Gasteiger partial charge in [-0.1, -0.05) is 24.8 Å². The zero-order valence-corrected chi connectivity index (χ0v) is 18.4.